The van der Waals surface area contributed by atoms with E-state index in [9.17, 15) is 27.9 Å². The second-order valence-corrected chi connectivity index (χ2v) is 6.15. The zero-order valence-electron chi connectivity index (χ0n) is 15.1. The molecular weight excluding hydrogens is 399 g/mol. The largest absolute Gasteiger partial charge is 0.490 e. The van der Waals surface area contributed by atoms with Gasteiger partial charge in [0, 0.05) is 18.8 Å². The summed E-state index contributed by atoms with van der Waals surface area (Å²) in [5.74, 6) is -4.18. The standard InChI is InChI=1S/C15H19N3O4.C2HF3O2/c19-13(18-22)6-5-12-4-3-11(9-16-12)10-17-15(14(20)21)7-1-2-8-15;3-2(4,5)1(6)7/h3-6,9,17,22H,1-2,7-8,10H2,(H,18,19)(H,20,21);(H,6,7)/b6-5+;. The van der Waals surface area contributed by atoms with Crippen LogP contribution in [0, 0.1) is 0 Å². The van der Waals surface area contributed by atoms with Crippen LogP contribution in [0.1, 0.15) is 36.9 Å². The van der Waals surface area contributed by atoms with Crippen LogP contribution in [0.3, 0.4) is 0 Å². The van der Waals surface area contributed by atoms with Crippen LogP contribution < -0.4 is 10.8 Å². The molecule has 1 heterocycles. The second kappa shape index (κ2) is 10.5. The topological polar surface area (TPSA) is 149 Å². The van der Waals surface area contributed by atoms with E-state index < -0.39 is 29.6 Å². The highest BCUT2D eigenvalue weighted by atomic mass is 19.4. The average Bonchev–Trinajstić information content (AvgIpc) is 3.15. The Morgan fingerprint density at radius 1 is 1.17 bits per heavy atom. The van der Waals surface area contributed by atoms with Crippen LogP contribution in [0.25, 0.3) is 6.08 Å². The molecule has 0 aliphatic heterocycles. The summed E-state index contributed by atoms with van der Waals surface area (Å²) in [6.45, 7) is 0.431. The summed E-state index contributed by atoms with van der Waals surface area (Å²) in [5, 5.41) is 28.0. The summed E-state index contributed by atoms with van der Waals surface area (Å²) >= 11 is 0. The molecule has 0 spiro atoms. The Hall–Kier alpha value is -2.99. The number of alkyl halides is 3. The van der Waals surface area contributed by atoms with Crippen molar-refractivity contribution in [3.8, 4) is 0 Å². The van der Waals surface area contributed by atoms with Gasteiger partial charge in [-0.2, -0.15) is 13.2 Å². The van der Waals surface area contributed by atoms with Gasteiger partial charge in [-0.05, 0) is 30.5 Å². The third kappa shape index (κ3) is 7.87. The molecule has 0 radical (unpaired) electrons. The summed E-state index contributed by atoms with van der Waals surface area (Å²) < 4.78 is 31.7. The highest BCUT2D eigenvalue weighted by Crippen LogP contribution is 2.30. The van der Waals surface area contributed by atoms with E-state index >= 15 is 0 Å². The van der Waals surface area contributed by atoms with E-state index in [1.165, 1.54) is 11.6 Å². The Morgan fingerprint density at radius 3 is 2.17 bits per heavy atom. The number of hydrogen-bond donors (Lipinski definition) is 5. The molecule has 0 bridgehead atoms. The van der Waals surface area contributed by atoms with E-state index in [0.29, 0.717) is 25.1 Å². The number of hydroxylamine groups is 1. The van der Waals surface area contributed by atoms with Crippen LogP contribution >= 0.6 is 0 Å². The number of halogens is 3. The van der Waals surface area contributed by atoms with Crippen molar-refractivity contribution in [1.29, 1.82) is 0 Å². The monoisotopic (exact) mass is 419 g/mol. The van der Waals surface area contributed by atoms with Gasteiger partial charge in [0.05, 0.1) is 5.69 Å². The quantitative estimate of drug-likeness (QED) is 0.266. The first-order valence-corrected chi connectivity index (χ1v) is 8.36. The molecule has 1 aliphatic rings. The number of carboxylic acids is 2. The summed E-state index contributed by atoms with van der Waals surface area (Å²) in [7, 11) is 0. The maximum atomic E-state index is 11.4. The van der Waals surface area contributed by atoms with E-state index in [0.717, 1.165) is 24.5 Å². The maximum absolute atomic E-state index is 11.4. The van der Waals surface area contributed by atoms with Gasteiger partial charge in [0.25, 0.3) is 5.91 Å². The zero-order chi connectivity index (χ0) is 22.1. The molecule has 1 fully saturated rings. The predicted octanol–water partition coefficient (Wildman–Crippen LogP) is 1.72. The van der Waals surface area contributed by atoms with Crippen molar-refractivity contribution in [3.05, 3.63) is 35.7 Å². The summed E-state index contributed by atoms with van der Waals surface area (Å²) in [6.07, 6.45) is 2.33. The molecule has 9 nitrogen and oxygen atoms in total. The van der Waals surface area contributed by atoms with Gasteiger partial charge in [-0.3, -0.25) is 25.1 Å². The Bertz CT molecular complexity index is 744. The number of carbonyl (C=O) groups is 3. The highest BCUT2D eigenvalue weighted by molar-refractivity contribution is 5.90. The van der Waals surface area contributed by atoms with Gasteiger partial charge in [0.1, 0.15) is 5.54 Å². The van der Waals surface area contributed by atoms with Crippen LogP contribution in [-0.2, 0) is 20.9 Å². The van der Waals surface area contributed by atoms with E-state index in [1.54, 1.807) is 12.3 Å². The van der Waals surface area contributed by atoms with E-state index in [2.05, 4.69) is 10.3 Å². The van der Waals surface area contributed by atoms with Crippen molar-refractivity contribution in [2.45, 2.75) is 43.9 Å². The minimum Gasteiger partial charge on any atom is -0.480 e. The molecule has 5 N–H and O–H groups in total. The fourth-order valence-electron chi connectivity index (χ4n) is 2.55. The van der Waals surface area contributed by atoms with Crippen LogP contribution in [-0.4, -0.2) is 50.0 Å². The van der Waals surface area contributed by atoms with Crippen molar-refractivity contribution in [3.63, 3.8) is 0 Å². The van der Waals surface area contributed by atoms with E-state index in [-0.39, 0.29) is 0 Å². The number of rotatable bonds is 6. The van der Waals surface area contributed by atoms with Crippen LogP contribution in [0.4, 0.5) is 13.2 Å². The molecule has 1 aromatic heterocycles. The first kappa shape index (κ1) is 24.0. The van der Waals surface area contributed by atoms with Gasteiger partial charge in [0.2, 0.25) is 0 Å². The molecule has 160 valence electrons. The number of hydrogen-bond acceptors (Lipinski definition) is 6. The molecule has 29 heavy (non-hydrogen) atoms. The van der Waals surface area contributed by atoms with Crippen LogP contribution in [0.2, 0.25) is 0 Å². The van der Waals surface area contributed by atoms with Crippen molar-refractivity contribution in [2.24, 2.45) is 0 Å². The normalized spacial score (nSPS) is 15.4. The SMILES string of the molecule is O=C(/C=C/c1ccc(CNC2(C(=O)O)CCCC2)cn1)NO.O=C(O)C(F)(F)F. The summed E-state index contributed by atoms with van der Waals surface area (Å²) in [4.78, 5) is 35.3. The summed E-state index contributed by atoms with van der Waals surface area (Å²) in [6, 6.07) is 3.54. The van der Waals surface area contributed by atoms with Gasteiger partial charge in [-0.1, -0.05) is 18.9 Å². The molecule has 1 aromatic rings. The zero-order valence-corrected chi connectivity index (χ0v) is 15.1. The first-order chi connectivity index (χ1) is 13.5. The lowest BCUT2D eigenvalue weighted by Crippen LogP contribution is -2.49. The van der Waals surface area contributed by atoms with Gasteiger partial charge in [0.15, 0.2) is 0 Å². The number of carbonyl (C=O) groups excluding carboxylic acids is 1. The van der Waals surface area contributed by atoms with E-state index in [1.807, 2.05) is 6.07 Å². The van der Waals surface area contributed by atoms with Crippen LogP contribution in [0.5, 0.6) is 0 Å². The molecule has 2 rings (SSSR count). The minimum absolute atomic E-state index is 0.431. The van der Waals surface area contributed by atoms with Crippen molar-refractivity contribution >= 4 is 23.9 Å². The number of pyridine rings is 1. The highest BCUT2D eigenvalue weighted by Gasteiger charge is 2.40. The van der Waals surface area contributed by atoms with Gasteiger partial charge in [-0.25, -0.2) is 10.3 Å². The number of aliphatic carboxylic acids is 2. The van der Waals surface area contributed by atoms with Crippen molar-refractivity contribution in [2.75, 3.05) is 0 Å². The van der Waals surface area contributed by atoms with Crippen LogP contribution in [0.15, 0.2) is 24.4 Å². The lowest BCUT2D eigenvalue weighted by molar-refractivity contribution is -0.192. The van der Waals surface area contributed by atoms with Crippen molar-refractivity contribution in [1.82, 2.24) is 15.8 Å². The van der Waals surface area contributed by atoms with E-state index in [4.69, 9.17) is 15.1 Å². The number of amides is 1. The molecule has 12 heteroatoms. The Kier molecular flexibility index (Phi) is 8.73. The minimum atomic E-state index is -5.08. The third-order valence-electron chi connectivity index (χ3n) is 4.10. The van der Waals surface area contributed by atoms with Gasteiger partial charge >= 0.3 is 18.1 Å². The maximum Gasteiger partial charge on any atom is 0.490 e. The van der Waals surface area contributed by atoms with Gasteiger partial charge in [-0.15, -0.1) is 0 Å². The fraction of sp³-hybridized carbons (Fsp3) is 0.412. The molecule has 1 saturated carbocycles. The second-order valence-electron chi connectivity index (χ2n) is 6.15. The molecular formula is C17H20F3N3O6. The third-order valence-corrected chi connectivity index (χ3v) is 4.10. The molecule has 0 aromatic carbocycles. The Morgan fingerprint density at radius 2 is 1.76 bits per heavy atom. The average molecular weight is 419 g/mol. The van der Waals surface area contributed by atoms with Crippen molar-refractivity contribution < 1.29 is 43.0 Å². The number of carboxylic acid groups (broad SMARTS) is 2. The first-order valence-electron chi connectivity index (χ1n) is 8.36. The van der Waals surface area contributed by atoms with Gasteiger partial charge < -0.3 is 10.2 Å². The molecule has 1 aliphatic carbocycles. The number of aromatic nitrogens is 1. The smallest absolute Gasteiger partial charge is 0.480 e. The lowest BCUT2D eigenvalue weighted by Gasteiger charge is -2.25. The lowest BCUT2D eigenvalue weighted by atomic mass is 9.97. The molecule has 0 unspecified atom stereocenters. The molecule has 0 saturated heterocycles. The predicted molar refractivity (Wildman–Crippen MR) is 92.6 cm³/mol. The molecule has 0 atom stereocenters. The molecule has 1 amide bonds. The number of nitrogens with one attached hydrogen (secondary N) is 2. The Balaban J connectivity index is 0.000000516. The summed E-state index contributed by atoms with van der Waals surface area (Å²) in [5.41, 5.74) is 2.11. The fourth-order valence-corrected chi connectivity index (χ4v) is 2.55. The Labute approximate surface area is 163 Å². The number of nitrogens with zero attached hydrogens (tertiary/aromatic N) is 1.